The number of methoxy groups -OCH3 is 1. The third-order valence-corrected chi connectivity index (χ3v) is 4.80. The standard InChI is InChI=1S/C23H17N3O4/c1-13-16(12-17-23(24-13)30-22(26-17)14-7-4-3-5-8-14)25-21(27)19-11-15-9-6-10-18(28-2)20(15)29-19/h3-12H,1-2H3,(H,25,27). The fourth-order valence-corrected chi connectivity index (χ4v) is 3.28. The van der Waals surface area contributed by atoms with Crippen LogP contribution in [0.1, 0.15) is 16.2 Å². The molecule has 1 amide bonds. The monoisotopic (exact) mass is 399 g/mol. The van der Waals surface area contributed by atoms with E-state index in [9.17, 15) is 4.79 Å². The van der Waals surface area contributed by atoms with E-state index < -0.39 is 0 Å². The van der Waals surface area contributed by atoms with Crippen molar-refractivity contribution in [2.45, 2.75) is 6.92 Å². The Bertz CT molecular complexity index is 1390. The lowest BCUT2D eigenvalue weighted by Crippen LogP contribution is -2.12. The number of furan rings is 1. The molecule has 5 rings (SSSR count). The van der Waals surface area contributed by atoms with Crippen LogP contribution < -0.4 is 10.1 Å². The van der Waals surface area contributed by atoms with E-state index in [1.807, 2.05) is 42.5 Å². The predicted molar refractivity (Wildman–Crippen MR) is 113 cm³/mol. The van der Waals surface area contributed by atoms with E-state index in [0.29, 0.717) is 39.8 Å². The number of ether oxygens (including phenoxy) is 1. The molecular weight excluding hydrogens is 382 g/mol. The third kappa shape index (κ3) is 3.06. The number of nitrogens with one attached hydrogen (secondary N) is 1. The normalized spacial score (nSPS) is 11.1. The van der Waals surface area contributed by atoms with Gasteiger partial charge in [-0.15, -0.1) is 0 Å². The molecule has 3 aromatic heterocycles. The van der Waals surface area contributed by atoms with Crippen molar-refractivity contribution in [2.75, 3.05) is 12.4 Å². The molecule has 30 heavy (non-hydrogen) atoms. The molecule has 7 heteroatoms. The number of hydrogen-bond acceptors (Lipinski definition) is 6. The molecule has 0 bridgehead atoms. The molecule has 0 atom stereocenters. The first-order chi connectivity index (χ1) is 14.6. The van der Waals surface area contributed by atoms with E-state index >= 15 is 0 Å². The lowest BCUT2D eigenvalue weighted by Gasteiger charge is -2.05. The first kappa shape index (κ1) is 17.9. The average molecular weight is 399 g/mol. The molecule has 0 unspecified atom stereocenters. The number of benzene rings is 2. The van der Waals surface area contributed by atoms with Crippen molar-refractivity contribution in [2.24, 2.45) is 0 Å². The second-order valence-corrected chi connectivity index (χ2v) is 6.77. The van der Waals surface area contributed by atoms with Gasteiger partial charge in [0.1, 0.15) is 5.52 Å². The van der Waals surface area contributed by atoms with Gasteiger partial charge in [-0.1, -0.05) is 30.3 Å². The zero-order valence-corrected chi connectivity index (χ0v) is 16.3. The number of aryl methyl sites for hydroxylation is 1. The van der Waals surface area contributed by atoms with E-state index in [-0.39, 0.29) is 11.7 Å². The SMILES string of the molecule is COc1cccc2cc(C(=O)Nc3cc4nc(-c5ccccc5)oc4nc3C)oc12. The summed E-state index contributed by atoms with van der Waals surface area (Å²) in [6.07, 6.45) is 0. The number of pyridine rings is 1. The molecule has 0 aliphatic carbocycles. The molecule has 5 aromatic rings. The van der Waals surface area contributed by atoms with Crippen LogP contribution in [0.2, 0.25) is 0 Å². The summed E-state index contributed by atoms with van der Waals surface area (Å²) in [4.78, 5) is 21.7. The molecule has 0 radical (unpaired) electrons. The number of carbonyl (C=O) groups is 1. The summed E-state index contributed by atoms with van der Waals surface area (Å²) in [5.74, 6) is 0.843. The van der Waals surface area contributed by atoms with Crippen LogP contribution in [0.15, 0.2) is 69.5 Å². The molecule has 0 aliphatic rings. The fraction of sp³-hybridized carbons (Fsp3) is 0.0870. The van der Waals surface area contributed by atoms with Gasteiger partial charge in [-0.3, -0.25) is 4.79 Å². The number of fused-ring (bicyclic) bond motifs is 2. The predicted octanol–water partition coefficient (Wildman–Crippen LogP) is 5.21. The minimum absolute atomic E-state index is 0.180. The maximum Gasteiger partial charge on any atom is 0.291 e. The Morgan fingerprint density at radius 1 is 1.00 bits per heavy atom. The minimum atomic E-state index is -0.385. The number of nitrogens with zero attached hydrogens (tertiary/aromatic N) is 2. The molecule has 1 N–H and O–H groups in total. The Morgan fingerprint density at radius 2 is 1.83 bits per heavy atom. The van der Waals surface area contributed by atoms with Gasteiger partial charge in [0.2, 0.25) is 11.6 Å². The Morgan fingerprint density at radius 3 is 2.63 bits per heavy atom. The highest BCUT2D eigenvalue weighted by molar-refractivity contribution is 6.05. The summed E-state index contributed by atoms with van der Waals surface area (Å²) in [7, 11) is 1.56. The van der Waals surface area contributed by atoms with Gasteiger partial charge in [0.15, 0.2) is 17.1 Å². The smallest absolute Gasteiger partial charge is 0.291 e. The van der Waals surface area contributed by atoms with Crippen LogP contribution in [-0.2, 0) is 0 Å². The van der Waals surface area contributed by atoms with Gasteiger partial charge >= 0.3 is 0 Å². The average Bonchev–Trinajstić information content (AvgIpc) is 3.38. The molecule has 2 aromatic carbocycles. The van der Waals surface area contributed by atoms with E-state index in [1.165, 1.54) is 0 Å². The largest absolute Gasteiger partial charge is 0.493 e. The highest BCUT2D eigenvalue weighted by Gasteiger charge is 2.18. The van der Waals surface area contributed by atoms with Crippen LogP contribution in [0, 0.1) is 6.92 Å². The van der Waals surface area contributed by atoms with Crippen molar-refractivity contribution in [3.63, 3.8) is 0 Å². The minimum Gasteiger partial charge on any atom is -0.493 e. The highest BCUT2D eigenvalue weighted by atomic mass is 16.5. The molecule has 3 heterocycles. The summed E-state index contributed by atoms with van der Waals surface area (Å²) < 4.78 is 16.8. The van der Waals surface area contributed by atoms with Gasteiger partial charge in [-0.2, -0.15) is 0 Å². The summed E-state index contributed by atoms with van der Waals surface area (Å²) in [5.41, 5.74) is 3.50. The van der Waals surface area contributed by atoms with Crippen molar-refractivity contribution in [3.05, 3.63) is 72.1 Å². The molecule has 0 saturated carbocycles. The molecule has 0 saturated heterocycles. The van der Waals surface area contributed by atoms with E-state index in [1.54, 1.807) is 32.2 Å². The summed E-state index contributed by atoms with van der Waals surface area (Å²) in [6, 6.07) is 18.5. The van der Waals surface area contributed by atoms with Crippen molar-refractivity contribution in [1.29, 1.82) is 0 Å². The number of carbonyl (C=O) groups excluding carboxylic acids is 1. The quantitative estimate of drug-likeness (QED) is 0.446. The van der Waals surface area contributed by atoms with Gasteiger partial charge in [-0.05, 0) is 37.3 Å². The number of aromatic nitrogens is 2. The third-order valence-electron chi connectivity index (χ3n) is 4.80. The Hall–Kier alpha value is -4.13. The second kappa shape index (κ2) is 7.04. The maximum absolute atomic E-state index is 12.8. The number of hydrogen-bond donors (Lipinski definition) is 1. The van der Waals surface area contributed by atoms with Gasteiger partial charge in [0, 0.05) is 10.9 Å². The number of anilines is 1. The summed E-state index contributed by atoms with van der Waals surface area (Å²) in [5, 5.41) is 3.63. The fourth-order valence-electron chi connectivity index (χ4n) is 3.28. The van der Waals surface area contributed by atoms with Crippen LogP contribution in [0.25, 0.3) is 33.7 Å². The first-order valence-electron chi connectivity index (χ1n) is 9.34. The van der Waals surface area contributed by atoms with Crippen molar-refractivity contribution >= 4 is 33.8 Å². The van der Waals surface area contributed by atoms with E-state index in [2.05, 4.69) is 15.3 Å². The Kier molecular flexibility index (Phi) is 4.21. The van der Waals surface area contributed by atoms with Crippen LogP contribution >= 0.6 is 0 Å². The Labute approximate surface area is 171 Å². The number of oxazole rings is 1. The van der Waals surface area contributed by atoms with Gasteiger partial charge in [0.25, 0.3) is 5.91 Å². The second-order valence-electron chi connectivity index (χ2n) is 6.77. The van der Waals surface area contributed by atoms with E-state index in [4.69, 9.17) is 13.6 Å². The van der Waals surface area contributed by atoms with Gasteiger partial charge < -0.3 is 18.9 Å². The molecule has 148 valence electrons. The first-order valence-corrected chi connectivity index (χ1v) is 9.34. The number of amides is 1. The number of rotatable bonds is 4. The van der Waals surface area contributed by atoms with Crippen LogP contribution in [-0.4, -0.2) is 23.0 Å². The van der Waals surface area contributed by atoms with Crippen LogP contribution in [0.4, 0.5) is 5.69 Å². The zero-order valence-electron chi connectivity index (χ0n) is 16.3. The number of para-hydroxylation sites is 1. The lowest BCUT2D eigenvalue weighted by molar-refractivity contribution is 0.0998. The van der Waals surface area contributed by atoms with Crippen molar-refractivity contribution < 1.29 is 18.4 Å². The zero-order chi connectivity index (χ0) is 20.7. The topological polar surface area (TPSA) is 90.4 Å². The molecule has 0 fully saturated rings. The molecule has 7 nitrogen and oxygen atoms in total. The molecule has 0 spiro atoms. The van der Waals surface area contributed by atoms with Gasteiger partial charge in [0.05, 0.1) is 18.5 Å². The molecule has 0 aliphatic heterocycles. The maximum atomic E-state index is 12.8. The summed E-state index contributed by atoms with van der Waals surface area (Å²) >= 11 is 0. The van der Waals surface area contributed by atoms with Crippen molar-refractivity contribution in [1.82, 2.24) is 9.97 Å². The van der Waals surface area contributed by atoms with Crippen LogP contribution in [0.5, 0.6) is 5.75 Å². The van der Waals surface area contributed by atoms with Crippen LogP contribution in [0.3, 0.4) is 0 Å². The van der Waals surface area contributed by atoms with E-state index in [0.717, 1.165) is 10.9 Å². The molecular formula is C23H17N3O4. The lowest BCUT2D eigenvalue weighted by atomic mass is 10.2. The van der Waals surface area contributed by atoms with Gasteiger partial charge in [-0.25, -0.2) is 9.97 Å². The summed E-state index contributed by atoms with van der Waals surface area (Å²) in [6.45, 7) is 1.79. The van der Waals surface area contributed by atoms with Crippen molar-refractivity contribution in [3.8, 4) is 17.2 Å². The highest BCUT2D eigenvalue weighted by Crippen LogP contribution is 2.30. The Balaban J connectivity index is 1.47.